The van der Waals surface area contributed by atoms with Crippen LogP contribution >= 0.6 is 0 Å². The molecule has 0 spiro atoms. The minimum Gasteiger partial charge on any atom is -0.444 e. The maximum Gasteiger partial charge on any atom is 0.410 e. The lowest BCUT2D eigenvalue weighted by molar-refractivity contribution is 0.0213. The molecule has 1 unspecified atom stereocenters. The van der Waals surface area contributed by atoms with Crippen LogP contribution in [-0.4, -0.2) is 48.8 Å². The molecule has 120 valence electrons. The third-order valence-corrected chi connectivity index (χ3v) is 4.14. The highest BCUT2D eigenvalue weighted by molar-refractivity contribution is 5.73. The highest BCUT2D eigenvalue weighted by Crippen LogP contribution is 2.32. The molecule has 1 aromatic carbocycles. The van der Waals surface area contributed by atoms with Gasteiger partial charge in [-0.25, -0.2) is 4.79 Å². The van der Waals surface area contributed by atoms with E-state index in [4.69, 9.17) is 4.74 Å². The van der Waals surface area contributed by atoms with Crippen molar-refractivity contribution in [2.24, 2.45) is 0 Å². The van der Waals surface area contributed by atoms with Crippen LogP contribution in [0, 0.1) is 0 Å². The SMILES string of the molecule is CC(C)(C)OC(=O)N1CCN2c3ccccc3NCCC2C1. The number of rotatable bonds is 0. The normalized spacial score (nSPS) is 21.3. The average Bonchev–Trinajstić information content (AvgIpc) is 2.64. The number of nitrogens with zero attached hydrogens (tertiary/aromatic N) is 2. The summed E-state index contributed by atoms with van der Waals surface area (Å²) >= 11 is 0. The molecule has 0 aromatic heterocycles. The van der Waals surface area contributed by atoms with Crippen LogP contribution < -0.4 is 10.2 Å². The van der Waals surface area contributed by atoms with Crippen molar-refractivity contribution in [3.05, 3.63) is 24.3 Å². The van der Waals surface area contributed by atoms with Gasteiger partial charge in [0.1, 0.15) is 5.60 Å². The van der Waals surface area contributed by atoms with E-state index in [0.717, 1.165) is 26.1 Å². The summed E-state index contributed by atoms with van der Waals surface area (Å²) in [6.07, 6.45) is 0.825. The lowest BCUT2D eigenvalue weighted by atomic mass is 10.1. The van der Waals surface area contributed by atoms with Crippen LogP contribution in [-0.2, 0) is 4.74 Å². The minimum atomic E-state index is -0.439. The predicted molar refractivity (Wildman–Crippen MR) is 88.5 cm³/mol. The Morgan fingerprint density at radius 3 is 2.82 bits per heavy atom. The molecule has 3 rings (SSSR count). The number of anilines is 2. The Morgan fingerprint density at radius 1 is 1.27 bits per heavy atom. The van der Waals surface area contributed by atoms with Gasteiger partial charge in [-0.15, -0.1) is 0 Å². The second-order valence-corrected chi connectivity index (χ2v) is 7.01. The largest absolute Gasteiger partial charge is 0.444 e. The van der Waals surface area contributed by atoms with Crippen molar-refractivity contribution >= 4 is 17.5 Å². The van der Waals surface area contributed by atoms with Gasteiger partial charge in [-0.3, -0.25) is 0 Å². The van der Waals surface area contributed by atoms with E-state index in [0.29, 0.717) is 12.6 Å². The van der Waals surface area contributed by atoms with Gasteiger partial charge >= 0.3 is 6.09 Å². The van der Waals surface area contributed by atoms with Crippen molar-refractivity contribution in [3.63, 3.8) is 0 Å². The van der Waals surface area contributed by atoms with Gasteiger partial charge < -0.3 is 19.9 Å². The third-order valence-electron chi connectivity index (χ3n) is 4.14. The molecule has 5 nitrogen and oxygen atoms in total. The second kappa shape index (κ2) is 5.71. The van der Waals surface area contributed by atoms with E-state index in [1.807, 2.05) is 25.7 Å². The van der Waals surface area contributed by atoms with E-state index < -0.39 is 5.60 Å². The zero-order valence-corrected chi connectivity index (χ0v) is 13.6. The number of ether oxygens (including phenoxy) is 1. The molecule has 2 aliphatic rings. The van der Waals surface area contributed by atoms with Crippen molar-refractivity contribution in [3.8, 4) is 0 Å². The Morgan fingerprint density at radius 2 is 2.05 bits per heavy atom. The van der Waals surface area contributed by atoms with E-state index >= 15 is 0 Å². The molecule has 2 aliphatic heterocycles. The zero-order chi connectivity index (χ0) is 15.7. The molecular formula is C17H25N3O2. The lowest BCUT2D eigenvalue weighted by Crippen LogP contribution is -2.55. The van der Waals surface area contributed by atoms with Gasteiger partial charge in [-0.1, -0.05) is 12.1 Å². The first-order valence-electron chi connectivity index (χ1n) is 8.01. The van der Waals surface area contributed by atoms with E-state index in [9.17, 15) is 4.79 Å². The van der Waals surface area contributed by atoms with Gasteiger partial charge in [0.05, 0.1) is 11.4 Å². The van der Waals surface area contributed by atoms with Crippen molar-refractivity contribution in [2.75, 3.05) is 36.4 Å². The van der Waals surface area contributed by atoms with Gasteiger partial charge in [0.15, 0.2) is 0 Å². The third kappa shape index (κ3) is 3.13. The van der Waals surface area contributed by atoms with Gasteiger partial charge in [0.25, 0.3) is 0 Å². The van der Waals surface area contributed by atoms with Gasteiger partial charge in [0.2, 0.25) is 0 Å². The molecule has 0 aliphatic carbocycles. The van der Waals surface area contributed by atoms with E-state index in [1.54, 1.807) is 0 Å². The van der Waals surface area contributed by atoms with Crippen LogP contribution in [0.1, 0.15) is 27.2 Å². The molecule has 1 amide bonds. The van der Waals surface area contributed by atoms with E-state index in [2.05, 4.69) is 34.5 Å². The first-order chi connectivity index (χ1) is 10.4. The van der Waals surface area contributed by atoms with Gasteiger partial charge in [-0.2, -0.15) is 0 Å². The monoisotopic (exact) mass is 303 g/mol. The summed E-state index contributed by atoms with van der Waals surface area (Å²) in [5, 5.41) is 3.49. The van der Waals surface area contributed by atoms with E-state index in [-0.39, 0.29) is 6.09 Å². The molecule has 1 aromatic rings. The molecular weight excluding hydrogens is 278 g/mol. The van der Waals surface area contributed by atoms with E-state index in [1.165, 1.54) is 11.4 Å². The summed E-state index contributed by atoms with van der Waals surface area (Å²) in [6, 6.07) is 8.76. The summed E-state index contributed by atoms with van der Waals surface area (Å²) in [5.41, 5.74) is 2.00. The maximum absolute atomic E-state index is 12.3. The maximum atomic E-state index is 12.3. The summed E-state index contributed by atoms with van der Waals surface area (Å²) in [4.78, 5) is 16.6. The highest BCUT2D eigenvalue weighted by atomic mass is 16.6. The fourth-order valence-corrected chi connectivity index (χ4v) is 3.16. The molecule has 1 saturated heterocycles. The van der Waals surface area contributed by atoms with Crippen LogP contribution in [0.15, 0.2) is 24.3 Å². The number of carbonyl (C=O) groups is 1. The summed E-state index contributed by atoms with van der Waals surface area (Å²) in [7, 11) is 0. The number of hydrogen-bond donors (Lipinski definition) is 1. The molecule has 5 heteroatoms. The number of fused-ring (bicyclic) bond motifs is 3. The molecule has 1 fully saturated rings. The summed E-state index contributed by atoms with van der Waals surface area (Å²) < 4.78 is 5.51. The van der Waals surface area contributed by atoms with Crippen molar-refractivity contribution in [1.29, 1.82) is 0 Å². The zero-order valence-electron chi connectivity index (χ0n) is 13.6. The predicted octanol–water partition coefficient (Wildman–Crippen LogP) is 2.93. The fourth-order valence-electron chi connectivity index (χ4n) is 3.16. The Balaban J connectivity index is 1.73. The summed E-state index contributed by atoms with van der Waals surface area (Å²) in [6.45, 7) is 8.94. The molecule has 1 N–H and O–H groups in total. The van der Waals surface area contributed by atoms with Crippen molar-refractivity contribution < 1.29 is 9.53 Å². The molecule has 0 saturated carbocycles. The minimum absolute atomic E-state index is 0.197. The second-order valence-electron chi connectivity index (χ2n) is 7.01. The topological polar surface area (TPSA) is 44.8 Å². The number of nitrogens with one attached hydrogen (secondary N) is 1. The Bertz CT molecular complexity index is 553. The standard InChI is InChI=1S/C17H25N3O2/c1-17(2,3)22-16(21)19-10-11-20-13(12-19)8-9-18-14-6-4-5-7-15(14)20/h4-7,13,18H,8-12H2,1-3H3. The first-order valence-corrected chi connectivity index (χ1v) is 8.01. The first kappa shape index (κ1) is 15.0. The molecule has 1 atom stereocenters. The highest BCUT2D eigenvalue weighted by Gasteiger charge is 2.33. The quantitative estimate of drug-likeness (QED) is 0.800. The number of carbonyl (C=O) groups excluding carboxylic acids is 1. The van der Waals surface area contributed by atoms with Crippen LogP contribution in [0.4, 0.5) is 16.2 Å². The van der Waals surface area contributed by atoms with Crippen LogP contribution in [0.2, 0.25) is 0 Å². The summed E-state index contributed by atoms with van der Waals surface area (Å²) in [5.74, 6) is 0. The Labute approximate surface area is 132 Å². The Kier molecular flexibility index (Phi) is 3.89. The molecule has 2 heterocycles. The Hall–Kier alpha value is -1.91. The number of para-hydroxylation sites is 2. The van der Waals surface area contributed by atoms with Gasteiger partial charge in [-0.05, 0) is 39.3 Å². The van der Waals surface area contributed by atoms with Gasteiger partial charge in [0, 0.05) is 32.2 Å². The number of amides is 1. The van der Waals surface area contributed by atoms with Crippen LogP contribution in [0.3, 0.4) is 0 Å². The van der Waals surface area contributed by atoms with Crippen molar-refractivity contribution in [1.82, 2.24) is 4.90 Å². The molecule has 0 bridgehead atoms. The van der Waals surface area contributed by atoms with Crippen LogP contribution in [0.25, 0.3) is 0 Å². The number of hydrogen-bond acceptors (Lipinski definition) is 4. The molecule has 0 radical (unpaired) electrons. The fraction of sp³-hybridized carbons (Fsp3) is 0.588. The smallest absolute Gasteiger partial charge is 0.410 e. The number of piperazine rings is 1. The molecule has 22 heavy (non-hydrogen) atoms. The van der Waals surface area contributed by atoms with Crippen molar-refractivity contribution in [2.45, 2.75) is 38.8 Å². The van der Waals surface area contributed by atoms with Crippen LogP contribution in [0.5, 0.6) is 0 Å². The number of benzene rings is 1. The lowest BCUT2D eigenvalue weighted by Gasteiger charge is -2.42. The average molecular weight is 303 g/mol.